The molecule has 1 aliphatic rings. The van der Waals surface area contributed by atoms with Gasteiger partial charge in [-0.25, -0.2) is 0 Å². The molecule has 0 aliphatic carbocycles. The van der Waals surface area contributed by atoms with Crippen LogP contribution in [-0.4, -0.2) is 26.3 Å². The van der Waals surface area contributed by atoms with E-state index in [0.29, 0.717) is 15.3 Å². The molecule has 2 heterocycles. The minimum Gasteiger partial charge on any atom is -0.508 e. The van der Waals surface area contributed by atoms with Crippen molar-refractivity contribution in [3.63, 3.8) is 0 Å². The molecule has 3 rings (SSSR count). The number of hydrogen-bond donors (Lipinski definition) is 2. The van der Waals surface area contributed by atoms with E-state index < -0.39 is 5.91 Å². The van der Waals surface area contributed by atoms with Gasteiger partial charge in [0.25, 0.3) is 11.8 Å². The summed E-state index contributed by atoms with van der Waals surface area (Å²) in [5.74, 6) is -0.664. The predicted octanol–water partition coefficient (Wildman–Crippen LogP) is 3.00. The van der Waals surface area contributed by atoms with Crippen molar-refractivity contribution in [1.82, 2.24) is 10.4 Å². The van der Waals surface area contributed by atoms with Crippen LogP contribution in [-0.2, 0) is 4.79 Å². The fourth-order valence-corrected chi connectivity index (χ4v) is 3.69. The van der Waals surface area contributed by atoms with Crippen LogP contribution in [0.3, 0.4) is 0 Å². The Morgan fingerprint density at radius 3 is 2.83 bits per heavy atom. The van der Waals surface area contributed by atoms with Gasteiger partial charge in [0.1, 0.15) is 5.75 Å². The van der Waals surface area contributed by atoms with Gasteiger partial charge in [-0.3, -0.25) is 15.0 Å². The average Bonchev–Trinajstić information content (AvgIpc) is 3.12. The number of amides is 2. The third-order valence-corrected chi connectivity index (χ3v) is 5.09. The van der Waals surface area contributed by atoms with Crippen LogP contribution in [0.2, 0.25) is 0 Å². The van der Waals surface area contributed by atoms with E-state index in [0.717, 1.165) is 16.8 Å². The lowest BCUT2D eigenvalue weighted by Gasteiger charge is -2.14. The van der Waals surface area contributed by atoms with Gasteiger partial charge in [0, 0.05) is 0 Å². The van der Waals surface area contributed by atoms with E-state index in [1.165, 1.54) is 17.4 Å². The summed E-state index contributed by atoms with van der Waals surface area (Å²) < 4.78 is 0.256. The maximum Gasteiger partial charge on any atom is 0.285 e. The van der Waals surface area contributed by atoms with Crippen molar-refractivity contribution < 1.29 is 14.7 Å². The summed E-state index contributed by atoms with van der Waals surface area (Å²) in [6, 6.07) is 9.95. The van der Waals surface area contributed by atoms with Gasteiger partial charge in [0.15, 0.2) is 4.32 Å². The number of thioether (sulfide) groups is 1. The first kappa shape index (κ1) is 15.7. The van der Waals surface area contributed by atoms with E-state index in [4.69, 9.17) is 12.2 Å². The molecule has 0 atom stereocenters. The zero-order valence-corrected chi connectivity index (χ0v) is 14.0. The van der Waals surface area contributed by atoms with Gasteiger partial charge in [-0.05, 0) is 47.4 Å². The highest BCUT2D eigenvalue weighted by Gasteiger charge is 2.33. The number of benzene rings is 1. The monoisotopic (exact) mass is 362 g/mol. The Balaban J connectivity index is 1.79. The Morgan fingerprint density at radius 2 is 2.13 bits per heavy atom. The summed E-state index contributed by atoms with van der Waals surface area (Å²) in [5.41, 5.74) is 3.19. The second kappa shape index (κ2) is 6.53. The first-order valence-electron chi connectivity index (χ1n) is 6.46. The fourth-order valence-electron chi connectivity index (χ4n) is 1.89. The van der Waals surface area contributed by atoms with Crippen molar-refractivity contribution in [2.45, 2.75) is 0 Å². The van der Waals surface area contributed by atoms with Crippen LogP contribution in [0.4, 0.5) is 0 Å². The molecule has 1 fully saturated rings. The standard InChI is InChI=1S/C15H10N2O3S3/c18-10-4-1-3-9(7-10)8-12-14(20)17(15(21)23-12)16-13(19)11-5-2-6-22-11/h1-8,18H,(H,16,19). The number of carbonyl (C=O) groups excluding carboxylic acids is 2. The van der Waals surface area contributed by atoms with Crippen LogP contribution in [0.5, 0.6) is 5.75 Å². The molecule has 1 aliphatic heterocycles. The summed E-state index contributed by atoms with van der Waals surface area (Å²) in [6.45, 7) is 0. The number of phenols is 1. The number of nitrogens with zero attached hydrogens (tertiary/aromatic N) is 1. The molecule has 1 saturated heterocycles. The van der Waals surface area contributed by atoms with Crippen molar-refractivity contribution in [2.24, 2.45) is 0 Å². The number of thiophene rings is 1. The van der Waals surface area contributed by atoms with Crippen LogP contribution >= 0.6 is 35.3 Å². The number of carbonyl (C=O) groups is 2. The van der Waals surface area contributed by atoms with Crippen molar-refractivity contribution in [1.29, 1.82) is 0 Å². The van der Waals surface area contributed by atoms with Crippen LogP contribution in [0.1, 0.15) is 15.2 Å². The lowest BCUT2D eigenvalue weighted by molar-refractivity contribution is -0.123. The minimum atomic E-state index is -0.395. The van der Waals surface area contributed by atoms with E-state index in [1.807, 2.05) is 0 Å². The number of phenolic OH excluding ortho intramolecular Hbond substituents is 1. The Hall–Kier alpha value is -2.16. The summed E-state index contributed by atoms with van der Waals surface area (Å²) in [7, 11) is 0. The molecule has 2 aromatic rings. The highest BCUT2D eigenvalue weighted by molar-refractivity contribution is 8.26. The Morgan fingerprint density at radius 1 is 1.30 bits per heavy atom. The zero-order valence-electron chi connectivity index (χ0n) is 11.6. The lowest BCUT2D eigenvalue weighted by atomic mass is 10.2. The second-order valence-corrected chi connectivity index (χ2v) is 7.15. The summed E-state index contributed by atoms with van der Waals surface area (Å²) in [5, 5.41) is 12.3. The van der Waals surface area contributed by atoms with E-state index >= 15 is 0 Å². The molecule has 1 aromatic carbocycles. The van der Waals surface area contributed by atoms with E-state index in [-0.39, 0.29) is 16.0 Å². The smallest absolute Gasteiger partial charge is 0.285 e. The number of aromatic hydroxyl groups is 1. The van der Waals surface area contributed by atoms with Gasteiger partial charge in [-0.1, -0.05) is 30.0 Å². The molecular weight excluding hydrogens is 352 g/mol. The minimum absolute atomic E-state index is 0.111. The highest BCUT2D eigenvalue weighted by atomic mass is 32.2. The molecule has 0 unspecified atom stereocenters. The molecule has 0 saturated carbocycles. The third kappa shape index (κ3) is 3.44. The van der Waals surface area contributed by atoms with Crippen molar-refractivity contribution >= 4 is 57.5 Å². The molecule has 1 aromatic heterocycles. The third-order valence-electron chi connectivity index (χ3n) is 2.92. The molecule has 5 nitrogen and oxygen atoms in total. The number of rotatable bonds is 3. The van der Waals surface area contributed by atoms with Crippen molar-refractivity contribution in [2.75, 3.05) is 0 Å². The molecule has 0 bridgehead atoms. The van der Waals surface area contributed by atoms with Gasteiger partial charge >= 0.3 is 0 Å². The van der Waals surface area contributed by atoms with Crippen LogP contribution in [0.25, 0.3) is 6.08 Å². The Labute approximate surface area is 145 Å². The van der Waals surface area contributed by atoms with Crippen LogP contribution in [0.15, 0.2) is 46.7 Å². The largest absolute Gasteiger partial charge is 0.508 e. The predicted molar refractivity (Wildman–Crippen MR) is 94.9 cm³/mol. The molecule has 8 heteroatoms. The molecule has 0 spiro atoms. The summed E-state index contributed by atoms with van der Waals surface area (Å²) in [6.07, 6.45) is 1.62. The average molecular weight is 362 g/mol. The molecule has 2 amide bonds. The Bertz CT molecular complexity index is 815. The van der Waals surface area contributed by atoms with Gasteiger partial charge in [0.2, 0.25) is 0 Å². The van der Waals surface area contributed by atoms with Gasteiger partial charge in [-0.2, -0.15) is 5.01 Å². The molecular formula is C15H10N2O3S3. The molecule has 0 radical (unpaired) electrons. The first-order valence-corrected chi connectivity index (χ1v) is 8.56. The second-order valence-electron chi connectivity index (χ2n) is 4.53. The van der Waals surface area contributed by atoms with Crippen LogP contribution < -0.4 is 5.43 Å². The zero-order chi connectivity index (χ0) is 16.4. The first-order chi connectivity index (χ1) is 11.0. The SMILES string of the molecule is O=C(NN1C(=O)C(=Cc2cccc(O)c2)SC1=S)c1cccs1. The molecule has 116 valence electrons. The quantitative estimate of drug-likeness (QED) is 0.649. The Kier molecular flexibility index (Phi) is 4.46. The lowest BCUT2D eigenvalue weighted by Crippen LogP contribution is -2.44. The van der Waals surface area contributed by atoms with E-state index in [1.54, 1.807) is 41.8 Å². The number of nitrogens with one attached hydrogen (secondary N) is 1. The van der Waals surface area contributed by atoms with E-state index in [9.17, 15) is 14.7 Å². The van der Waals surface area contributed by atoms with Gasteiger partial charge < -0.3 is 5.11 Å². The van der Waals surface area contributed by atoms with Crippen molar-refractivity contribution in [3.05, 3.63) is 57.1 Å². The molecule has 23 heavy (non-hydrogen) atoms. The summed E-state index contributed by atoms with van der Waals surface area (Å²) >= 11 is 7.53. The maximum absolute atomic E-state index is 12.4. The molecule has 2 N–H and O–H groups in total. The number of thiocarbonyl (C=S) groups is 1. The van der Waals surface area contributed by atoms with Gasteiger partial charge in [0.05, 0.1) is 9.78 Å². The highest BCUT2D eigenvalue weighted by Crippen LogP contribution is 2.32. The van der Waals surface area contributed by atoms with Gasteiger partial charge in [-0.15, -0.1) is 11.3 Å². The maximum atomic E-state index is 12.4. The fraction of sp³-hybridized carbons (Fsp3) is 0. The van der Waals surface area contributed by atoms with Crippen LogP contribution in [0, 0.1) is 0 Å². The normalized spacial score (nSPS) is 16.2. The van der Waals surface area contributed by atoms with E-state index in [2.05, 4.69) is 5.43 Å². The summed E-state index contributed by atoms with van der Waals surface area (Å²) in [4.78, 5) is 25.3. The number of hydrazine groups is 1. The number of hydrogen-bond acceptors (Lipinski definition) is 6. The topological polar surface area (TPSA) is 69.6 Å². The van der Waals surface area contributed by atoms with Crippen molar-refractivity contribution in [3.8, 4) is 5.75 Å².